The van der Waals surface area contributed by atoms with Crippen molar-refractivity contribution in [2.45, 2.75) is 71.3 Å². The monoisotopic (exact) mass is 313 g/mol. The van der Waals surface area contributed by atoms with E-state index in [9.17, 15) is 5.11 Å². The standard InChI is InChI=1S/C21H31NO/c1-20-10-7-14(9-12-22)13-15(20)3-4-16-17-5-6-19(23)21(17,2)11-8-18(16)20/h9,12-13,16-19,22-23H,3-8,10-11H2,1-2H3/b14-9+,22-12?/t16?,17?,18?,19-,20-,21-/m0/s1. The summed E-state index contributed by atoms with van der Waals surface area (Å²) >= 11 is 0. The van der Waals surface area contributed by atoms with Crippen LogP contribution in [0.5, 0.6) is 0 Å². The Bertz CT molecular complexity index is 576. The predicted molar refractivity (Wildman–Crippen MR) is 94.6 cm³/mol. The molecule has 0 radical (unpaired) electrons. The second-order valence-corrected chi connectivity index (χ2v) is 9.05. The minimum absolute atomic E-state index is 0.0633. The zero-order valence-corrected chi connectivity index (χ0v) is 14.6. The van der Waals surface area contributed by atoms with E-state index in [0.717, 1.165) is 30.6 Å². The van der Waals surface area contributed by atoms with Gasteiger partial charge in [-0.25, -0.2) is 0 Å². The van der Waals surface area contributed by atoms with Crippen LogP contribution in [0.1, 0.15) is 65.2 Å². The van der Waals surface area contributed by atoms with Crippen molar-refractivity contribution in [2.24, 2.45) is 28.6 Å². The van der Waals surface area contributed by atoms with E-state index in [1.165, 1.54) is 50.3 Å². The quantitative estimate of drug-likeness (QED) is 0.665. The van der Waals surface area contributed by atoms with Crippen LogP contribution in [0.3, 0.4) is 0 Å². The van der Waals surface area contributed by atoms with Gasteiger partial charge in [0, 0.05) is 6.21 Å². The van der Waals surface area contributed by atoms with E-state index < -0.39 is 0 Å². The molecular formula is C21H31NO. The van der Waals surface area contributed by atoms with Crippen molar-refractivity contribution in [2.75, 3.05) is 0 Å². The van der Waals surface area contributed by atoms with E-state index in [-0.39, 0.29) is 11.5 Å². The van der Waals surface area contributed by atoms with Gasteiger partial charge in [0.25, 0.3) is 0 Å². The number of aliphatic hydroxyl groups is 1. The third kappa shape index (κ3) is 2.13. The SMILES string of the molecule is C[C@]12CC/C(=C\C=N)C=C1CCC1C2CC[C@@]2(C)C1CC[C@@H]2O. The summed E-state index contributed by atoms with van der Waals surface area (Å²) in [7, 11) is 0. The van der Waals surface area contributed by atoms with E-state index >= 15 is 0 Å². The third-order valence-corrected chi connectivity index (χ3v) is 8.28. The van der Waals surface area contributed by atoms with Gasteiger partial charge in [0.15, 0.2) is 0 Å². The van der Waals surface area contributed by atoms with Crippen molar-refractivity contribution < 1.29 is 5.11 Å². The molecule has 2 heteroatoms. The van der Waals surface area contributed by atoms with Crippen LogP contribution < -0.4 is 0 Å². The lowest BCUT2D eigenvalue weighted by Gasteiger charge is -2.58. The molecule has 4 aliphatic carbocycles. The van der Waals surface area contributed by atoms with Gasteiger partial charge in [0.1, 0.15) is 0 Å². The Balaban J connectivity index is 1.66. The van der Waals surface area contributed by atoms with Crippen LogP contribution in [0.15, 0.2) is 23.3 Å². The van der Waals surface area contributed by atoms with E-state index in [4.69, 9.17) is 5.41 Å². The smallest absolute Gasteiger partial charge is 0.0596 e. The summed E-state index contributed by atoms with van der Waals surface area (Å²) in [5, 5.41) is 17.9. The lowest BCUT2D eigenvalue weighted by molar-refractivity contribution is -0.0727. The second-order valence-electron chi connectivity index (χ2n) is 9.05. The Hall–Kier alpha value is -0.890. The van der Waals surface area contributed by atoms with Gasteiger partial charge in [0.2, 0.25) is 0 Å². The molecule has 0 aliphatic heterocycles. The Morgan fingerprint density at radius 1 is 1.09 bits per heavy atom. The van der Waals surface area contributed by atoms with Gasteiger partial charge in [-0.1, -0.05) is 25.5 Å². The summed E-state index contributed by atoms with van der Waals surface area (Å²) in [6.45, 7) is 4.88. The molecule has 0 spiro atoms. The molecule has 0 saturated heterocycles. The van der Waals surface area contributed by atoms with Crippen LogP contribution in [0.25, 0.3) is 0 Å². The molecule has 126 valence electrons. The molecule has 0 aromatic heterocycles. The van der Waals surface area contributed by atoms with Gasteiger partial charge in [-0.2, -0.15) is 0 Å². The molecule has 0 aromatic carbocycles. The molecule has 0 bridgehead atoms. The highest BCUT2D eigenvalue weighted by Gasteiger charge is 2.58. The number of hydrogen-bond acceptors (Lipinski definition) is 2. The number of fused-ring (bicyclic) bond motifs is 5. The number of allylic oxidation sites excluding steroid dienone is 4. The lowest BCUT2D eigenvalue weighted by Crippen LogP contribution is -2.50. The first-order valence-corrected chi connectivity index (χ1v) is 9.58. The molecule has 0 amide bonds. The van der Waals surface area contributed by atoms with E-state index in [0.29, 0.717) is 5.41 Å². The zero-order valence-electron chi connectivity index (χ0n) is 14.6. The largest absolute Gasteiger partial charge is 0.393 e. The van der Waals surface area contributed by atoms with Crippen LogP contribution in [-0.2, 0) is 0 Å². The van der Waals surface area contributed by atoms with Crippen LogP contribution >= 0.6 is 0 Å². The maximum Gasteiger partial charge on any atom is 0.0596 e. The molecule has 3 fully saturated rings. The van der Waals surface area contributed by atoms with Gasteiger partial charge in [0.05, 0.1) is 6.10 Å². The van der Waals surface area contributed by atoms with E-state index in [2.05, 4.69) is 19.9 Å². The molecule has 4 aliphatic rings. The first-order chi connectivity index (χ1) is 11.0. The Labute approximate surface area is 140 Å². The molecule has 3 saturated carbocycles. The average Bonchev–Trinajstić information content (AvgIpc) is 2.84. The lowest BCUT2D eigenvalue weighted by atomic mass is 9.47. The Kier molecular flexibility index (Phi) is 3.61. The number of aliphatic hydroxyl groups excluding tert-OH is 1. The molecule has 6 atom stereocenters. The topological polar surface area (TPSA) is 44.1 Å². The average molecular weight is 313 g/mol. The molecule has 2 nitrogen and oxygen atoms in total. The number of hydrogen-bond donors (Lipinski definition) is 2. The van der Waals surface area contributed by atoms with Crippen LogP contribution in [0.2, 0.25) is 0 Å². The van der Waals surface area contributed by atoms with Gasteiger partial charge in [-0.05, 0) is 91.6 Å². The van der Waals surface area contributed by atoms with Crippen LogP contribution in [0.4, 0.5) is 0 Å². The molecule has 0 aromatic rings. The number of nitrogens with one attached hydrogen (secondary N) is 1. The van der Waals surface area contributed by atoms with Gasteiger partial charge < -0.3 is 10.5 Å². The number of rotatable bonds is 1. The maximum absolute atomic E-state index is 10.5. The minimum atomic E-state index is -0.0633. The normalized spacial score (nSPS) is 50.7. The van der Waals surface area contributed by atoms with Gasteiger partial charge in [-0.15, -0.1) is 0 Å². The van der Waals surface area contributed by atoms with Gasteiger partial charge >= 0.3 is 0 Å². The Morgan fingerprint density at radius 2 is 1.91 bits per heavy atom. The van der Waals surface area contributed by atoms with Crippen molar-refractivity contribution >= 4 is 6.21 Å². The summed E-state index contributed by atoms with van der Waals surface area (Å²) in [5.41, 5.74) is 3.57. The fourth-order valence-corrected chi connectivity index (χ4v) is 6.82. The highest BCUT2D eigenvalue weighted by atomic mass is 16.3. The summed E-state index contributed by atoms with van der Waals surface area (Å²) in [6.07, 6.45) is 15.5. The van der Waals surface area contributed by atoms with Crippen LogP contribution in [0, 0.1) is 34.0 Å². The summed E-state index contributed by atoms with van der Waals surface area (Å²) < 4.78 is 0. The fraction of sp³-hybridized carbons (Fsp3) is 0.762. The van der Waals surface area contributed by atoms with Crippen molar-refractivity contribution in [1.82, 2.24) is 0 Å². The third-order valence-electron chi connectivity index (χ3n) is 8.28. The fourth-order valence-electron chi connectivity index (χ4n) is 6.82. The highest BCUT2D eigenvalue weighted by molar-refractivity contribution is 5.70. The van der Waals surface area contributed by atoms with Crippen molar-refractivity contribution in [3.63, 3.8) is 0 Å². The highest BCUT2D eigenvalue weighted by Crippen LogP contribution is 2.65. The second kappa shape index (κ2) is 5.31. The van der Waals surface area contributed by atoms with Crippen molar-refractivity contribution in [3.8, 4) is 0 Å². The maximum atomic E-state index is 10.5. The molecule has 0 heterocycles. The molecule has 3 unspecified atom stereocenters. The van der Waals surface area contributed by atoms with Crippen molar-refractivity contribution in [3.05, 3.63) is 23.3 Å². The van der Waals surface area contributed by atoms with E-state index in [1.54, 1.807) is 5.57 Å². The van der Waals surface area contributed by atoms with Crippen molar-refractivity contribution in [1.29, 1.82) is 5.41 Å². The van der Waals surface area contributed by atoms with Gasteiger partial charge in [-0.3, -0.25) is 0 Å². The van der Waals surface area contributed by atoms with Crippen LogP contribution in [-0.4, -0.2) is 17.4 Å². The molecule has 2 N–H and O–H groups in total. The zero-order chi connectivity index (χ0) is 16.2. The minimum Gasteiger partial charge on any atom is -0.393 e. The first-order valence-electron chi connectivity index (χ1n) is 9.58. The van der Waals surface area contributed by atoms with E-state index in [1.807, 2.05) is 6.08 Å². The predicted octanol–water partition coefficient (Wildman–Crippen LogP) is 4.89. The summed E-state index contributed by atoms with van der Waals surface area (Å²) in [5.74, 6) is 2.38. The molecule has 4 rings (SSSR count). The Morgan fingerprint density at radius 3 is 2.70 bits per heavy atom. The molecular weight excluding hydrogens is 282 g/mol. The summed E-state index contributed by atoms with van der Waals surface area (Å²) in [6, 6.07) is 0. The molecule has 23 heavy (non-hydrogen) atoms. The summed E-state index contributed by atoms with van der Waals surface area (Å²) in [4.78, 5) is 0. The first kappa shape index (κ1) is 15.6.